The Morgan fingerprint density at radius 3 is 2.43 bits per heavy atom. The third kappa shape index (κ3) is 5.51. The van der Waals surface area contributed by atoms with Gasteiger partial charge < -0.3 is 14.4 Å². The summed E-state index contributed by atoms with van der Waals surface area (Å²) in [6.45, 7) is 7.99. The van der Waals surface area contributed by atoms with Crippen LogP contribution in [0.2, 0.25) is 5.02 Å². The lowest BCUT2D eigenvalue weighted by Gasteiger charge is -2.34. The molecule has 0 aliphatic carbocycles. The molecule has 0 bridgehead atoms. The van der Waals surface area contributed by atoms with Crippen LogP contribution in [0.15, 0.2) is 23.1 Å². The Morgan fingerprint density at radius 1 is 1.30 bits per heavy atom. The van der Waals surface area contributed by atoms with Crippen LogP contribution in [0.1, 0.15) is 38.1 Å². The molecule has 1 fully saturated rings. The zero-order chi connectivity index (χ0) is 22.6. The number of ether oxygens (including phenoxy) is 2. The molecule has 3 atom stereocenters. The number of hydrogen-bond donors (Lipinski definition) is 0. The Morgan fingerprint density at radius 2 is 1.90 bits per heavy atom. The molecule has 0 N–H and O–H groups in total. The molecule has 3 unspecified atom stereocenters. The first-order valence-corrected chi connectivity index (χ1v) is 11.6. The minimum Gasteiger partial charge on any atom is -0.469 e. The molecular formula is C20H29ClN2O6S. The van der Waals surface area contributed by atoms with E-state index in [4.69, 9.17) is 21.1 Å². The average Bonchev–Trinajstić information content (AvgIpc) is 2.70. The van der Waals surface area contributed by atoms with Gasteiger partial charge in [-0.1, -0.05) is 18.5 Å². The third-order valence-electron chi connectivity index (χ3n) is 4.95. The number of sulfonamides is 1. The van der Waals surface area contributed by atoms with Crippen LogP contribution in [0.3, 0.4) is 0 Å². The van der Waals surface area contributed by atoms with Gasteiger partial charge in [-0.2, -0.15) is 4.31 Å². The first kappa shape index (κ1) is 24.6. The molecule has 1 amide bonds. The van der Waals surface area contributed by atoms with Gasteiger partial charge in [0.2, 0.25) is 10.0 Å². The zero-order valence-corrected chi connectivity index (χ0v) is 19.5. The van der Waals surface area contributed by atoms with Gasteiger partial charge in [-0.25, -0.2) is 8.42 Å². The third-order valence-corrected chi connectivity index (χ3v) is 7.26. The molecule has 1 aliphatic rings. The summed E-state index contributed by atoms with van der Waals surface area (Å²) in [5.41, 5.74) is 0.186. The molecule has 8 nitrogen and oxygen atoms in total. The van der Waals surface area contributed by atoms with Crippen LogP contribution >= 0.6 is 11.6 Å². The Kier molecular flexibility index (Phi) is 8.27. The zero-order valence-electron chi connectivity index (χ0n) is 17.9. The topological polar surface area (TPSA) is 93.2 Å². The number of carbonyl (C=O) groups is 2. The molecular weight excluding hydrogens is 432 g/mol. The highest BCUT2D eigenvalue weighted by Gasteiger charge is 2.34. The van der Waals surface area contributed by atoms with E-state index in [2.05, 4.69) is 0 Å². The lowest BCUT2D eigenvalue weighted by molar-refractivity contribution is -0.145. The Hall–Kier alpha value is -1.68. The summed E-state index contributed by atoms with van der Waals surface area (Å²) in [7, 11) is -2.62. The number of halogens is 1. The van der Waals surface area contributed by atoms with Crippen LogP contribution in [0.25, 0.3) is 0 Å². The minimum absolute atomic E-state index is 0.0457. The SMILES string of the molecule is CCN(CC(C)C(=O)OC)C(=O)c1ccc(Cl)c(S(=O)(=O)N2CC(C)OC(C)C2)c1. The number of amides is 1. The van der Waals surface area contributed by atoms with E-state index >= 15 is 0 Å². The normalized spacial score (nSPS) is 21.1. The highest BCUT2D eigenvalue weighted by molar-refractivity contribution is 7.89. The Bertz CT molecular complexity index is 881. The average molecular weight is 461 g/mol. The van der Waals surface area contributed by atoms with Crippen molar-refractivity contribution in [2.45, 2.75) is 44.8 Å². The summed E-state index contributed by atoms with van der Waals surface area (Å²) in [6.07, 6.45) is -0.495. The lowest BCUT2D eigenvalue weighted by Crippen LogP contribution is -2.48. The van der Waals surface area contributed by atoms with Crippen LogP contribution in [-0.2, 0) is 24.3 Å². The fourth-order valence-electron chi connectivity index (χ4n) is 3.44. The van der Waals surface area contributed by atoms with Gasteiger partial charge in [0.25, 0.3) is 5.91 Å². The molecule has 1 aliphatic heterocycles. The van der Waals surface area contributed by atoms with E-state index in [0.29, 0.717) is 6.54 Å². The number of nitrogens with zero attached hydrogens (tertiary/aromatic N) is 2. The van der Waals surface area contributed by atoms with Crippen molar-refractivity contribution in [3.8, 4) is 0 Å². The van der Waals surface area contributed by atoms with E-state index in [1.807, 2.05) is 0 Å². The number of carbonyl (C=O) groups excluding carboxylic acids is 2. The van der Waals surface area contributed by atoms with Crippen molar-refractivity contribution in [2.24, 2.45) is 5.92 Å². The molecule has 0 aromatic heterocycles. The predicted octanol–water partition coefficient (Wildman–Crippen LogP) is 2.41. The molecule has 30 heavy (non-hydrogen) atoms. The van der Waals surface area contributed by atoms with E-state index in [1.54, 1.807) is 27.7 Å². The number of methoxy groups -OCH3 is 1. The van der Waals surface area contributed by atoms with Crippen molar-refractivity contribution in [2.75, 3.05) is 33.3 Å². The molecule has 0 spiro atoms. The summed E-state index contributed by atoms with van der Waals surface area (Å²) in [4.78, 5) is 26.1. The number of morpholine rings is 1. The van der Waals surface area contributed by atoms with Crippen LogP contribution < -0.4 is 0 Å². The van der Waals surface area contributed by atoms with E-state index in [-0.39, 0.29) is 53.2 Å². The Balaban J connectivity index is 2.33. The van der Waals surface area contributed by atoms with Gasteiger partial charge in [-0.3, -0.25) is 9.59 Å². The predicted molar refractivity (Wildman–Crippen MR) is 113 cm³/mol. The largest absolute Gasteiger partial charge is 0.469 e. The second-order valence-corrected chi connectivity index (χ2v) is 9.81. The van der Waals surface area contributed by atoms with E-state index in [1.165, 1.54) is 34.5 Å². The number of hydrogen-bond acceptors (Lipinski definition) is 6. The van der Waals surface area contributed by atoms with Gasteiger partial charge >= 0.3 is 5.97 Å². The molecule has 0 saturated carbocycles. The van der Waals surface area contributed by atoms with Gasteiger partial charge in [0.1, 0.15) is 4.90 Å². The molecule has 2 rings (SSSR count). The van der Waals surface area contributed by atoms with Gasteiger partial charge in [-0.15, -0.1) is 0 Å². The van der Waals surface area contributed by atoms with Gasteiger partial charge in [0, 0.05) is 31.7 Å². The molecule has 1 aromatic carbocycles. The van der Waals surface area contributed by atoms with Crippen LogP contribution in [0.5, 0.6) is 0 Å². The van der Waals surface area contributed by atoms with E-state index in [0.717, 1.165) is 0 Å². The van der Waals surface area contributed by atoms with Crippen molar-refractivity contribution < 1.29 is 27.5 Å². The van der Waals surface area contributed by atoms with Crippen LogP contribution in [-0.4, -0.2) is 75.0 Å². The maximum Gasteiger partial charge on any atom is 0.310 e. The van der Waals surface area contributed by atoms with Crippen LogP contribution in [0, 0.1) is 5.92 Å². The first-order chi connectivity index (χ1) is 14.0. The molecule has 168 valence electrons. The van der Waals surface area contributed by atoms with Crippen molar-refractivity contribution in [1.82, 2.24) is 9.21 Å². The van der Waals surface area contributed by atoms with E-state index in [9.17, 15) is 18.0 Å². The van der Waals surface area contributed by atoms with Gasteiger partial charge in [0.15, 0.2) is 0 Å². The maximum absolute atomic E-state index is 13.2. The second-order valence-electron chi connectivity index (χ2n) is 7.49. The van der Waals surface area contributed by atoms with Crippen molar-refractivity contribution >= 4 is 33.5 Å². The smallest absolute Gasteiger partial charge is 0.310 e. The lowest BCUT2D eigenvalue weighted by atomic mass is 10.1. The summed E-state index contributed by atoms with van der Waals surface area (Å²) in [5.74, 6) is -1.31. The summed E-state index contributed by atoms with van der Waals surface area (Å²) in [5, 5.41) is 0.0457. The molecule has 1 heterocycles. The molecule has 0 radical (unpaired) electrons. The highest BCUT2D eigenvalue weighted by atomic mass is 35.5. The monoisotopic (exact) mass is 460 g/mol. The quantitative estimate of drug-likeness (QED) is 0.580. The number of benzene rings is 1. The highest BCUT2D eigenvalue weighted by Crippen LogP contribution is 2.28. The summed E-state index contributed by atoms with van der Waals surface area (Å²) >= 11 is 6.21. The number of rotatable bonds is 7. The standard InChI is InChI=1S/C20H29ClN2O6S/c1-6-22(10-13(2)20(25)28-5)19(24)16-7-8-17(21)18(9-16)30(26,27)23-11-14(3)29-15(4)12-23/h7-9,13-15H,6,10-12H2,1-5H3. The van der Waals surface area contributed by atoms with E-state index < -0.39 is 21.9 Å². The van der Waals surface area contributed by atoms with Crippen LogP contribution in [0.4, 0.5) is 0 Å². The van der Waals surface area contributed by atoms with Gasteiger partial charge in [-0.05, 0) is 39.0 Å². The van der Waals surface area contributed by atoms with Gasteiger partial charge in [0.05, 0.1) is 30.3 Å². The van der Waals surface area contributed by atoms with Crippen molar-refractivity contribution in [1.29, 1.82) is 0 Å². The van der Waals surface area contributed by atoms with Crippen molar-refractivity contribution in [3.05, 3.63) is 28.8 Å². The molecule has 1 saturated heterocycles. The maximum atomic E-state index is 13.2. The molecule has 1 aromatic rings. The first-order valence-electron chi connectivity index (χ1n) is 9.83. The molecule has 10 heteroatoms. The number of esters is 1. The van der Waals surface area contributed by atoms with Crippen molar-refractivity contribution in [3.63, 3.8) is 0 Å². The second kappa shape index (κ2) is 10.1. The summed E-state index contributed by atoms with van der Waals surface area (Å²) < 4.78 is 38.1. The summed E-state index contributed by atoms with van der Waals surface area (Å²) in [6, 6.07) is 4.20. The minimum atomic E-state index is -3.91. The fraction of sp³-hybridized carbons (Fsp3) is 0.600. The Labute approximate surface area is 183 Å². The fourth-order valence-corrected chi connectivity index (χ4v) is 5.54.